The summed E-state index contributed by atoms with van der Waals surface area (Å²) in [6.45, 7) is 2.35. The molecule has 0 aromatic heterocycles. The molecular formula is C5H10O3S. The number of hydrogen-bond donors (Lipinski definition) is 0. The van der Waals surface area contributed by atoms with Crippen molar-refractivity contribution in [1.29, 1.82) is 0 Å². The second-order valence-electron chi connectivity index (χ2n) is 2.28. The first-order chi connectivity index (χ1) is 4.14. The summed E-state index contributed by atoms with van der Waals surface area (Å²) < 4.78 is 25.7. The molecule has 1 atom stereocenters. The predicted octanol–water partition coefficient (Wildman–Crippen LogP) is 0.373. The van der Waals surface area contributed by atoms with Crippen LogP contribution in [0.5, 0.6) is 0 Å². The lowest BCUT2D eigenvalue weighted by Crippen LogP contribution is -2.03. The monoisotopic (exact) mass is 150 g/mol. The molecule has 9 heavy (non-hydrogen) atoms. The molecule has 0 radical (unpaired) electrons. The number of hydrogen-bond acceptors (Lipinski definition) is 3. The van der Waals surface area contributed by atoms with Crippen LogP contribution in [0.3, 0.4) is 0 Å². The Labute approximate surface area is 55.1 Å². The molecule has 0 aromatic carbocycles. The van der Waals surface area contributed by atoms with Gasteiger partial charge in [0.15, 0.2) is 0 Å². The predicted molar refractivity (Wildman–Crippen MR) is 33.5 cm³/mol. The van der Waals surface area contributed by atoms with Gasteiger partial charge in [-0.25, -0.2) is 0 Å². The average Bonchev–Trinajstić information content (AvgIpc) is 2.10. The third-order valence-corrected chi connectivity index (χ3v) is 2.88. The van der Waals surface area contributed by atoms with Gasteiger partial charge in [-0.05, 0) is 12.3 Å². The van der Waals surface area contributed by atoms with Crippen LogP contribution >= 0.6 is 0 Å². The molecule has 0 aliphatic carbocycles. The van der Waals surface area contributed by atoms with Gasteiger partial charge in [-0.15, -0.1) is 0 Å². The van der Waals surface area contributed by atoms with Crippen LogP contribution in [0.25, 0.3) is 0 Å². The Hall–Kier alpha value is -0.0900. The van der Waals surface area contributed by atoms with Gasteiger partial charge in [0.1, 0.15) is 0 Å². The average molecular weight is 150 g/mol. The topological polar surface area (TPSA) is 43.4 Å². The van der Waals surface area contributed by atoms with E-state index in [9.17, 15) is 8.42 Å². The Bertz CT molecular complexity index is 182. The van der Waals surface area contributed by atoms with Crippen LogP contribution in [-0.2, 0) is 14.3 Å². The summed E-state index contributed by atoms with van der Waals surface area (Å²) >= 11 is 0. The highest BCUT2D eigenvalue weighted by atomic mass is 32.2. The molecule has 0 amide bonds. The Balaban J connectivity index is 2.58. The zero-order valence-corrected chi connectivity index (χ0v) is 6.15. The molecule has 0 bridgehead atoms. The van der Waals surface area contributed by atoms with E-state index in [0.717, 1.165) is 6.42 Å². The summed E-state index contributed by atoms with van der Waals surface area (Å²) in [4.78, 5) is 0. The zero-order valence-electron chi connectivity index (χ0n) is 5.33. The molecule has 4 heteroatoms. The zero-order chi connectivity index (χ0) is 6.91. The standard InChI is InChI=1S/C5H10O3S/c1-2-5-3-8-9(6,7)4-5/h5H,2-4H2,1H3. The van der Waals surface area contributed by atoms with Crippen LogP contribution in [0.4, 0.5) is 0 Å². The van der Waals surface area contributed by atoms with E-state index >= 15 is 0 Å². The van der Waals surface area contributed by atoms with Crippen LogP contribution in [0.1, 0.15) is 13.3 Å². The van der Waals surface area contributed by atoms with Crippen molar-refractivity contribution in [2.75, 3.05) is 12.4 Å². The third-order valence-electron chi connectivity index (χ3n) is 1.50. The molecule has 1 unspecified atom stereocenters. The summed E-state index contributed by atoms with van der Waals surface area (Å²) in [5, 5.41) is 0. The SMILES string of the molecule is CCC1COS(=O)(=O)C1. The van der Waals surface area contributed by atoms with E-state index in [1.165, 1.54) is 0 Å². The smallest absolute Gasteiger partial charge is 0.267 e. The van der Waals surface area contributed by atoms with Crippen LogP contribution in [-0.4, -0.2) is 20.8 Å². The second kappa shape index (κ2) is 2.27. The molecule has 1 heterocycles. The molecule has 1 fully saturated rings. The lowest BCUT2D eigenvalue weighted by atomic mass is 10.1. The maximum Gasteiger partial charge on any atom is 0.267 e. The second-order valence-corrected chi connectivity index (χ2v) is 3.97. The lowest BCUT2D eigenvalue weighted by Gasteiger charge is -1.95. The molecule has 0 aromatic rings. The van der Waals surface area contributed by atoms with Gasteiger partial charge in [-0.1, -0.05) is 6.92 Å². The Morgan fingerprint density at radius 1 is 1.67 bits per heavy atom. The minimum Gasteiger partial charge on any atom is -0.270 e. The fourth-order valence-corrected chi connectivity index (χ4v) is 2.23. The molecule has 0 saturated carbocycles. The van der Waals surface area contributed by atoms with Gasteiger partial charge in [0, 0.05) is 0 Å². The Kier molecular flexibility index (Phi) is 1.77. The minimum atomic E-state index is -3.11. The van der Waals surface area contributed by atoms with E-state index in [0.29, 0.717) is 6.61 Å². The van der Waals surface area contributed by atoms with E-state index in [2.05, 4.69) is 4.18 Å². The quantitative estimate of drug-likeness (QED) is 0.507. The van der Waals surface area contributed by atoms with E-state index < -0.39 is 10.1 Å². The molecule has 3 nitrogen and oxygen atoms in total. The molecule has 1 rings (SSSR count). The lowest BCUT2D eigenvalue weighted by molar-refractivity contribution is 0.309. The van der Waals surface area contributed by atoms with E-state index in [-0.39, 0.29) is 11.7 Å². The van der Waals surface area contributed by atoms with Crippen molar-refractivity contribution >= 4 is 10.1 Å². The highest BCUT2D eigenvalue weighted by molar-refractivity contribution is 7.86. The number of rotatable bonds is 1. The first-order valence-corrected chi connectivity index (χ1v) is 4.59. The molecule has 0 spiro atoms. The highest BCUT2D eigenvalue weighted by Crippen LogP contribution is 2.16. The molecule has 1 aliphatic heterocycles. The summed E-state index contributed by atoms with van der Waals surface area (Å²) in [6.07, 6.45) is 0.888. The summed E-state index contributed by atoms with van der Waals surface area (Å²) in [5.41, 5.74) is 0. The van der Waals surface area contributed by atoms with Crippen molar-refractivity contribution in [2.45, 2.75) is 13.3 Å². The van der Waals surface area contributed by atoms with Crippen LogP contribution < -0.4 is 0 Å². The van der Waals surface area contributed by atoms with Crippen molar-refractivity contribution in [3.63, 3.8) is 0 Å². The maximum atomic E-state index is 10.6. The van der Waals surface area contributed by atoms with E-state index in [1.54, 1.807) is 0 Å². The van der Waals surface area contributed by atoms with Crippen molar-refractivity contribution < 1.29 is 12.6 Å². The van der Waals surface area contributed by atoms with Gasteiger partial charge in [0.2, 0.25) is 0 Å². The third kappa shape index (κ3) is 1.66. The van der Waals surface area contributed by atoms with Gasteiger partial charge < -0.3 is 0 Å². The fourth-order valence-electron chi connectivity index (χ4n) is 0.820. The summed E-state index contributed by atoms with van der Waals surface area (Å²) in [6, 6.07) is 0. The van der Waals surface area contributed by atoms with Crippen LogP contribution in [0.2, 0.25) is 0 Å². The Morgan fingerprint density at radius 2 is 2.33 bits per heavy atom. The van der Waals surface area contributed by atoms with Gasteiger partial charge >= 0.3 is 0 Å². The Morgan fingerprint density at radius 3 is 2.56 bits per heavy atom. The normalized spacial score (nSPS) is 32.8. The van der Waals surface area contributed by atoms with Crippen LogP contribution in [0, 0.1) is 5.92 Å². The molecule has 1 aliphatic rings. The molecule has 54 valence electrons. The summed E-state index contributed by atoms with van der Waals surface area (Å²) in [7, 11) is -3.11. The maximum absolute atomic E-state index is 10.6. The van der Waals surface area contributed by atoms with Gasteiger partial charge in [0.25, 0.3) is 10.1 Å². The summed E-state index contributed by atoms with van der Waals surface area (Å²) in [5.74, 6) is 0.443. The van der Waals surface area contributed by atoms with Crippen molar-refractivity contribution in [2.24, 2.45) is 5.92 Å². The van der Waals surface area contributed by atoms with Crippen LogP contribution in [0.15, 0.2) is 0 Å². The van der Waals surface area contributed by atoms with E-state index in [4.69, 9.17) is 0 Å². The van der Waals surface area contributed by atoms with Gasteiger partial charge in [0.05, 0.1) is 12.4 Å². The largest absolute Gasteiger partial charge is 0.270 e. The molecule has 1 saturated heterocycles. The van der Waals surface area contributed by atoms with Gasteiger partial charge in [-0.2, -0.15) is 8.42 Å². The highest BCUT2D eigenvalue weighted by Gasteiger charge is 2.26. The fraction of sp³-hybridized carbons (Fsp3) is 1.00. The molecule has 0 N–H and O–H groups in total. The first kappa shape index (κ1) is 7.02. The van der Waals surface area contributed by atoms with Crippen molar-refractivity contribution in [3.05, 3.63) is 0 Å². The minimum absolute atomic E-state index is 0.212. The van der Waals surface area contributed by atoms with Gasteiger partial charge in [-0.3, -0.25) is 4.18 Å². The van der Waals surface area contributed by atoms with Crippen molar-refractivity contribution in [1.82, 2.24) is 0 Å². The van der Waals surface area contributed by atoms with Crippen molar-refractivity contribution in [3.8, 4) is 0 Å². The molecular weight excluding hydrogens is 140 g/mol. The van der Waals surface area contributed by atoms with E-state index in [1.807, 2.05) is 6.92 Å². The first-order valence-electron chi connectivity index (χ1n) is 3.01.